The summed E-state index contributed by atoms with van der Waals surface area (Å²) >= 11 is 0. The summed E-state index contributed by atoms with van der Waals surface area (Å²) in [5.74, 6) is 0.302. The molecule has 0 aliphatic carbocycles. The van der Waals surface area contributed by atoms with Crippen molar-refractivity contribution >= 4 is 0 Å². The van der Waals surface area contributed by atoms with Gasteiger partial charge in [-0.25, -0.2) is 0 Å². The summed E-state index contributed by atoms with van der Waals surface area (Å²) in [5, 5.41) is 22.7. The van der Waals surface area contributed by atoms with E-state index in [4.69, 9.17) is 0 Å². The van der Waals surface area contributed by atoms with Gasteiger partial charge in [0.15, 0.2) is 0 Å². The summed E-state index contributed by atoms with van der Waals surface area (Å²) in [7, 11) is 0. The molecule has 2 aromatic rings. The Hall–Kier alpha value is -1.84. The normalized spacial score (nSPS) is 13.8. The maximum atomic E-state index is 10.1. The van der Waals surface area contributed by atoms with E-state index in [2.05, 4.69) is 12.2 Å². The van der Waals surface area contributed by atoms with Crippen molar-refractivity contribution in [2.24, 2.45) is 0 Å². The standard InChI is InChI=1S/C18H23NO2/c1-14(7-8-15-9-11-17(20)12-10-15)19-13-18(21)16-5-3-2-4-6-16/h2-6,9-12,14,18-21H,7-8,13H2,1H3/t14-,18?/m1/s1. The van der Waals surface area contributed by atoms with Crippen LogP contribution < -0.4 is 5.32 Å². The molecule has 0 amide bonds. The molecule has 0 bridgehead atoms. The third-order valence-electron chi connectivity index (χ3n) is 3.65. The first kappa shape index (κ1) is 15.5. The number of aliphatic hydroxyl groups excluding tert-OH is 1. The Morgan fingerprint density at radius 1 is 1.00 bits per heavy atom. The monoisotopic (exact) mass is 285 g/mol. The quantitative estimate of drug-likeness (QED) is 0.733. The lowest BCUT2D eigenvalue weighted by Gasteiger charge is -2.17. The summed E-state index contributed by atoms with van der Waals surface area (Å²) < 4.78 is 0. The van der Waals surface area contributed by atoms with Crippen molar-refractivity contribution < 1.29 is 10.2 Å². The summed E-state index contributed by atoms with van der Waals surface area (Å²) in [6.07, 6.45) is 1.48. The highest BCUT2D eigenvalue weighted by Crippen LogP contribution is 2.13. The van der Waals surface area contributed by atoms with Gasteiger partial charge in [-0.1, -0.05) is 42.5 Å². The van der Waals surface area contributed by atoms with Gasteiger partial charge in [-0.3, -0.25) is 0 Å². The highest BCUT2D eigenvalue weighted by molar-refractivity contribution is 5.26. The van der Waals surface area contributed by atoms with Gasteiger partial charge in [-0.2, -0.15) is 0 Å². The molecule has 3 heteroatoms. The number of nitrogens with one attached hydrogen (secondary N) is 1. The maximum absolute atomic E-state index is 10.1. The molecular weight excluding hydrogens is 262 g/mol. The third kappa shape index (κ3) is 5.21. The minimum atomic E-state index is -0.470. The highest BCUT2D eigenvalue weighted by Gasteiger charge is 2.09. The fraction of sp³-hybridized carbons (Fsp3) is 0.333. The summed E-state index contributed by atoms with van der Waals surface area (Å²) in [4.78, 5) is 0. The van der Waals surface area contributed by atoms with Gasteiger partial charge in [0.05, 0.1) is 6.10 Å². The van der Waals surface area contributed by atoms with E-state index in [1.165, 1.54) is 5.56 Å². The molecule has 0 aromatic heterocycles. The summed E-state index contributed by atoms with van der Waals surface area (Å²) in [6.45, 7) is 2.68. The Morgan fingerprint density at radius 3 is 2.33 bits per heavy atom. The fourth-order valence-corrected chi connectivity index (χ4v) is 2.25. The summed E-state index contributed by atoms with van der Waals surface area (Å²) in [6, 6.07) is 17.3. The number of phenolic OH excluding ortho intramolecular Hbond substituents is 1. The highest BCUT2D eigenvalue weighted by atomic mass is 16.3. The predicted octanol–water partition coefficient (Wildman–Crippen LogP) is 3.04. The van der Waals surface area contributed by atoms with Crippen LogP contribution in [0, 0.1) is 0 Å². The lowest BCUT2D eigenvalue weighted by atomic mass is 10.1. The molecule has 2 aromatic carbocycles. The van der Waals surface area contributed by atoms with Crippen LogP contribution in [0.1, 0.15) is 30.6 Å². The molecule has 0 radical (unpaired) electrons. The zero-order chi connectivity index (χ0) is 15.1. The molecule has 0 heterocycles. The molecule has 0 aliphatic rings. The van der Waals surface area contributed by atoms with Crippen molar-refractivity contribution in [3.63, 3.8) is 0 Å². The zero-order valence-corrected chi connectivity index (χ0v) is 12.4. The number of phenols is 1. The molecule has 0 aliphatic heterocycles. The topological polar surface area (TPSA) is 52.5 Å². The van der Waals surface area contributed by atoms with E-state index in [0.717, 1.165) is 18.4 Å². The lowest BCUT2D eigenvalue weighted by Crippen LogP contribution is -2.30. The second-order valence-corrected chi connectivity index (χ2v) is 5.44. The zero-order valence-electron chi connectivity index (χ0n) is 12.4. The van der Waals surface area contributed by atoms with Crippen LogP contribution in [0.3, 0.4) is 0 Å². The first-order chi connectivity index (χ1) is 10.1. The van der Waals surface area contributed by atoms with Crippen molar-refractivity contribution in [1.82, 2.24) is 5.32 Å². The second-order valence-electron chi connectivity index (χ2n) is 5.44. The molecule has 3 N–H and O–H groups in total. The number of aliphatic hydroxyl groups is 1. The Bertz CT molecular complexity index is 525. The van der Waals surface area contributed by atoms with Crippen LogP contribution in [-0.4, -0.2) is 22.8 Å². The van der Waals surface area contributed by atoms with E-state index in [9.17, 15) is 10.2 Å². The van der Waals surface area contributed by atoms with Gasteiger partial charge in [0.1, 0.15) is 5.75 Å². The molecule has 0 saturated carbocycles. The minimum absolute atomic E-state index is 0.302. The molecule has 1 unspecified atom stereocenters. The van der Waals surface area contributed by atoms with Gasteiger partial charge < -0.3 is 15.5 Å². The number of aromatic hydroxyl groups is 1. The molecule has 0 fully saturated rings. The lowest BCUT2D eigenvalue weighted by molar-refractivity contribution is 0.170. The molecule has 0 saturated heterocycles. The van der Waals surface area contributed by atoms with Gasteiger partial charge in [-0.15, -0.1) is 0 Å². The van der Waals surface area contributed by atoms with Crippen molar-refractivity contribution in [1.29, 1.82) is 0 Å². The minimum Gasteiger partial charge on any atom is -0.508 e. The molecule has 0 spiro atoms. The van der Waals surface area contributed by atoms with Crippen LogP contribution in [0.2, 0.25) is 0 Å². The largest absolute Gasteiger partial charge is 0.508 e. The SMILES string of the molecule is C[C@H](CCc1ccc(O)cc1)NCC(O)c1ccccc1. The van der Waals surface area contributed by atoms with E-state index in [0.29, 0.717) is 18.3 Å². The number of hydrogen-bond donors (Lipinski definition) is 3. The smallest absolute Gasteiger partial charge is 0.115 e. The van der Waals surface area contributed by atoms with Crippen molar-refractivity contribution in [2.45, 2.75) is 31.9 Å². The Labute approximate surface area is 126 Å². The van der Waals surface area contributed by atoms with E-state index < -0.39 is 6.10 Å². The van der Waals surface area contributed by atoms with Crippen LogP contribution >= 0.6 is 0 Å². The average Bonchev–Trinajstić information content (AvgIpc) is 2.53. The van der Waals surface area contributed by atoms with Crippen LogP contribution in [0.5, 0.6) is 5.75 Å². The van der Waals surface area contributed by atoms with Crippen molar-refractivity contribution in [3.8, 4) is 5.75 Å². The first-order valence-electron chi connectivity index (χ1n) is 7.39. The van der Waals surface area contributed by atoms with Gasteiger partial charge in [0, 0.05) is 12.6 Å². The van der Waals surface area contributed by atoms with Gasteiger partial charge >= 0.3 is 0 Å². The number of benzene rings is 2. The molecule has 2 rings (SSSR count). The molecule has 2 atom stereocenters. The van der Waals surface area contributed by atoms with E-state index in [1.54, 1.807) is 12.1 Å². The van der Waals surface area contributed by atoms with Gasteiger partial charge in [-0.05, 0) is 43.0 Å². The molecule has 112 valence electrons. The number of aryl methyl sites for hydroxylation is 1. The molecular formula is C18H23NO2. The number of rotatable bonds is 7. The third-order valence-corrected chi connectivity index (χ3v) is 3.65. The molecule has 3 nitrogen and oxygen atoms in total. The van der Waals surface area contributed by atoms with Crippen molar-refractivity contribution in [2.75, 3.05) is 6.54 Å². The van der Waals surface area contributed by atoms with E-state index in [1.807, 2.05) is 42.5 Å². The second kappa shape index (κ2) is 7.81. The molecule has 21 heavy (non-hydrogen) atoms. The van der Waals surface area contributed by atoms with E-state index >= 15 is 0 Å². The Kier molecular flexibility index (Phi) is 5.78. The van der Waals surface area contributed by atoms with E-state index in [-0.39, 0.29) is 0 Å². The van der Waals surface area contributed by atoms with Crippen LogP contribution in [0.25, 0.3) is 0 Å². The van der Waals surface area contributed by atoms with Crippen LogP contribution in [0.15, 0.2) is 54.6 Å². The van der Waals surface area contributed by atoms with Crippen LogP contribution in [0.4, 0.5) is 0 Å². The van der Waals surface area contributed by atoms with Gasteiger partial charge in [0.25, 0.3) is 0 Å². The Morgan fingerprint density at radius 2 is 1.67 bits per heavy atom. The first-order valence-corrected chi connectivity index (χ1v) is 7.39. The maximum Gasteiger partial charge on any atom is 0.115 e. The Balaban J connectivity index is 1.72. The summed E-state index contributed by atoms with van der Waals surface area (Å²) in [5.41, 5.74) is 2.15. The fourth-order valence-electron chi connectivity index (χ4n) is 2.25. The number of hydrogen-bond acceptors (Lipinski definition) is 3. The van der Waals surface area contributed by atoms with Gasteiger partial charge in [0.2, 0.25) is 0 Å². The predicted molar refractivity (Wildman–Crippen MR) is 85.3 cm³/mol. The van der Waals surface area contributed by atoms with Crippen LogP contribution in [-0.2, 0) is 6.42 Å². The average molecular weight is 285 g/mol. The van der Waals surface area contributed by atoms with Crippen molar-refractivity contribution in [3.05, 3.63) is 65.7 Å².